The Morgan fingerprint density at radius 3 is 2.86 bits per heavy atom. The molecular formula is C19H24ClN5O3. The maximum atomic E-state index is 11.7. The van der Waals surface area contributed by atoms with Crippen LogP contribution in [-0.2, 0) is 11.2 Å². The molecule has 0 atom stereocenters. The summed E-state index contributed by atoms with van der Waals surface area (Å²) in [4.78, 5) is 22.5. The molecule has 1 amide bonds. The van der Waals surface area contributed by atoms with E-state index in [2.05, 4.69) is 20.2 Å². The summed E-state index contributed by atoms with van der Waals surface area (Å²) in [6.45, 7) is 6.68. The van der Waals surface area contributed by atoms with Crippen molar-refractivity contribution in [3.8, 4) is 5.75 Å². The Kier molecular flexibility index (Phi) is 7.02. The molecule has 0 unspecified atom stereocenters. The van der Waals surface area contributed by atoms with Crippen molar-refractivity contribution in [3.05, 3.63) is 40.8 Å². The highest BCUT2D eigenvalue weighted by molar-refractivity contribution is 6.30. The lowest BCUT2D eigenvalue weighted by molar-refractivity contribution is 0.0322. The van der Waals surface area contributed by atoms with E-state index in [1.165, 1.54) is 0 Å². The van der Waals surface area contributed by atoms with Gasteiger partial charge in [-0.3, -0.25) is 9.69 Å². The van der Waals surface area contributed by atoms with Crippen molar-refractivity contribution in [1.29, 1.82) is 0 Å². The molecule has 0 saturated carbocycles. The van der Waals surface area contributed by atoms with E-state index in [9.17, 15) is 4.79 Å². The Hall–Kier alpha value is -2.42. The molecule has 1 saturated heterocycles. The highest BCUT2D eigenvalue weighted by Crippen LogP contribution is 2.24. The number of ether oxygens (including phenoxy) is 2. The standard InChI is InChI=1S/C19H24ClN5O3/c1-2-15-17(20)24-19(16(23-15)18(21)26)22-13-4-3-5-14(12-13)28-11-8-25-6-9-27-10-7-25/h3-5,12H,2,6-11H2,1H3,(H2,21,26)(H,22,24). The number of nitrogens with one attached hydrogen (secondary N) is 1. The molecule has 0 radical (unpaired) electrons. The summed E-state index contributed by atoms with van der Waals surface area (Å²) >= 11 is 6.14. The van der Waals surface area contributed by atoms with Gasteiger partial charge in [-0.1, -0.05) is 24.6 Å². The number of rotatable bonds is 8. The summed E-state index contributed by atoms with van der Waals surface area (Å²) in [6, 6.07) is 7.39. The van der Waals surface area contributed by atoms with Crippen LogP contribution in [0.3, 0.4) is 0 Å². The van der Waals surface area contributed by atoms with E-state index in [4.69, 9.17) is 26.8 Å². The predicted octanol–water partition coefficient (Wildman–Crippen LogP) is 2.25. The second-order valence-electron chi connectivity index (χ2n) is 6.33. The molecule has 0 bridgehead atoms. The van der Waals surface area contributed by atoms with Gasteiger partial charge in [0.15, 0.2) is 16.7 Å². The molecule has 150 valence electrons. The van der Waals surface area contributed by atoms with Gasteiger partial charge in [-0.05, 0) is 18.6 Å². The van der Waals surface area contributed by atoms with E-state index in [0.717, 1.165) is 32.8 Å². The van der Waals surface area contributed by atoms with Gasteiger partial charge in [0.25, 0.3) is 5.91 Å². The lowest BCUT2D eigenvalue weighted by Gasteiger charge is -2.26. The zero-order chi connectivity index (χ0) is 19.9. The lowest BCUT2D eigenvalue weighted by atomic mass is 10.2. The van der Waals surface area contributed by atoms with Gasteiger partial charge in [-0.2, -0.15) is 0 Å². The van der Waals surface area contributed by atoms with Crippen LogP contribution in [0.15, 0.2) is 24.3 Å². The van der Waals surface area contributed by atoms with Gasteiger partial charge in [-0.25, -0.2) is 9.97 Å². The average Bonchev–Trinajstić information content (AvgIpc) is 2.69. The number of primary amides is 1. The normalized spacial score (nSPS) is 14.6. The van der Waals surface area contributed by atoms with Crippen molar-refractivity contribution in [2.45, 2.75) is 13.3 Å². The smallest absolute Gasteiger partial charge is 0.271 e. The maximum Gasteiger partial charge on any atom is 0.271 e. The molecule has 1 aromatic heterocycles. The molecule has 3 rings (SSSR count). The Morgan fingerprint density at radius 2 is 2.14 bits per heavy atom. The molecule has 2 aromatic rings. The Morgan fingerprint density at radius 1 is 1.36 bits per heavy atom. The van der Waals surface area contributed by atoms with E-state index in [0.29, 0.717) is 30.2 Å². The number of aromatic nitrogens is 2. The van der Waals surface area contributed by atoms with E-state index < -0.39 is 5.91 Å². The summed E-state index contributed by atoms with van der Waals surface area (Å²) in [5.74, 6) is 0.266. The zero-order valence-electron chi connectivity index (χ0n) is 15.8. The molecule has 0 aliphatic carbocycles. The van der Waals surface area contributed by atoms with Gasteiger partial charge in [0.1, 0.15) is 12.4 Å². The van der Waals surface area contributed by atoms with Crippen LogP contribution in [-0.4, -0.2) is 60.2 Å². The molecular weight excluding hydrogens is 382 g/mol. The van der Waals surface area contributed by atoms with Crippen LogP contribution < -0.4 is 15.8 Å². The van der Waals surface area contributed by atoms with Crippen LogP contribution in [0.25, 0.3) is 0 Å². The Balaban J connectivity index is 1.67. The largest absolute Gasteiger partial charge is 0.492 e. The fourth-order valence-electron chi connectivity index (χ4n) is 2.85. The molecule has 1 fully saturated rings. The number of amides is 1. The van der Waals surface area contributed by atoms with Gasteiger partial charge >= 0.3 is 0 Å². The van der Waals surface area contributed by atoms with Gasteiger partial charge in [0, 0.05) is 31.4 Å². The molecule has 8 nitrogen and oxygen atoms in total. The molecule has 1 aliphatic heterocycles. The molecule has 28 heavy (non-hydrogen) atoms. The SMILES string of the molecule is CCc1nc(C(N)=O)c(Nc2cccc(OCCN3CCOCC3)c2)nc1Cl. The first kappa shape index (κ1) is 20.3. The minimum absolute atomic E-state index is 0.0555. The minimum atomic E-state index is -0.667. The number of hydrogen-bond donors (Lipinski definition) is 2. The summed E-state index contributed by atoms with van der Waals surface area (Å²) in [5.41, 5.74) is 6.73. The first-order chi connectivity index (χ1) is 13.6. The second-order valence-corrected chi connectivity index (χ2v) is 6.69. The summed E-state index contributed by atoms with van der Waals surface area (Å²) in [6.07, 6.45) is 0.554. The van der Waals surface area contributed by atoms with Gasteiger partial charge in [0.05, 0.1) is 18.9 Å². The van der Waals surface area contributed by atoms with Crippen LogP contribution in [0.4, 0.5) is 11.5 Å². The van der Waals surface area contributed by atoms with Crippen molar-refractivity contribution in [1.82, 2.24) is 14.9 Å². The van der Waals surface area contributed by atoms with Gasteiger partial charge in [-0.15, -0.1) is 0 Å². The molecule has 9 heteroatoms. The molecule has 1 aliphatic rings. The van der Waals surface area contributed by atoms with Crippen molar-refractivity contribution in [3.63, 3.8) is 0 Å². The van der Waals surface area contributed by atoms with Crippen LogP contribution in [0.5, 0.6) is 5.75 Å². The maximum absolute atomic E-state index is 11.7. The van der Waals surface area contributed by atoms with E-state index in [-0.39, 0.29) is 16.7 Å². The summed E-state index contributed by atoms with van der Waals surface area (Å²) in [7, 11) is 0. The third kappa shape index (κ3) is 5.31. The quantitative estimate of drug-likeness (QED) is 0.694. The number of anilines is 2. The Labute approximate surface area is 169 Å². The molecule has 2 heterocycles. The van der Waals surface area contributed by atoms with Crippen LogP contribution >= 0.6 is 11.6 Å². The van der Waals surface area contributed by atoms with Crippen LogP contribution in [0.2, 0.25) is 5.15 Å². The van der Waals surface area contributed by atoms with Crippen molar-refractivity contribution in [2.75, 3.05) is 44.8 Å². The number of nitrogens with two attached hydrogens (primary N) is 1. The number of aryl methyl sites for hydroxylation is 1. The lowest BCUT2D eigenvalue weighted by Crippen LogP contribution is -2.38. The Bertz CT molecular complexity index is 827. The topological polar surface area (TPSA) is 103 Å². The first-order valence-electron chi connectivity index (χ1n) is 9.23. The number of benzene rings is 1. The minimum Gasteiger partial charge on any atom is -0.492 e. The third-order valence-electron chi connectivity index (χ3n) is 4.36. The molecule has 0 spiro atoms. The van der Waals surface area contributed by atoms with Crippen molar-refractivity contribution in [2.24, 2.45) is 5.73 Å². The van der Waals surface area contributed by atoms with Crippen LogP contribution in [0.1, 0.15) is 23.1 Å². The fourth-order valence-corrected chi connectivity index (χ4v) is 3.11. The summed E-state index contributed by atoms with van der Waals surface area (Å²) < 4.78 is 11.2. The highest BCUT2D eigenvalue weighted by Gasteiger charge is 2.16. The number of nitrogens with zero attached hydrogens (tertiary/aromatic N) is 3. The monoisotopic (exact) mass is 405 g/mol. The van der Waals surface area contributed by atoms with Crippen molar-refractivity contribution < 1.29 is 14.3 Å². The van der Waals surface area contributed by atoms with Gasteiger partial charge in [0.2, 0.25) is 0 Å². The van der Waals surface area contributed by atoms with Crippen molar-refractivity contribution >= 4 is 29.0 Å². The zero-order valence-corrected chi connectivity index (χ0v) is 16.5. The van der Waals surface area contributed by atoms with E-state index in [1.807, 2.05) is 31.2 Å². The first-order valence-corrected chi connectivity index (χ1v) is 9.61. The number of morpholine rings is 1. The third-order valence-corrected chi connectivity index (χ3v) is 4.67. The number of carbonyl (C=O) groups is 1. The fraction of sp³-hybridized carbons (Fsp3) is 0.421. The molecule has 3 N–H and O–H groups in total. The second kappa shape index (κ2) is 9.68. The van der Waals surface area contributed by atoms with E-state index >= 15 is 0 Å². The van der Waals surface area contributed by atoms with E-state index in [1.54, 1.807) is 0 Å². The number of carbonyl (C=O) groups excluding carboxylic acids is 1. The van der Waals surface area contributed by atoms with Gasteiger partial charge < -0.3 is 20.5 Å². The average molecular weight is 406 g/mol. The predicted molar refractivity (Wildman–Crippen MR) is 107 cm³/mol. The highest BCUT2D eigenvalue weighted by atomic mass is 35.5. The van der Waals surface area contributed by atoms with Crippen LogP contribution in [0, 0.1) is 0 Å². The molecule has 1 aromatic carbocycles. The summed E-state index contributed by atoms with van der Waals surface area (Å²) in [5, 5.41) is 3.30. The number of halogens is 1. The number of hydrogen-bond acceptors (Lipinski definition) is 7.